The van der Waals surface area contributed by atoms with Gasteiger partial charge in [-0.2, -0.15) is 13.2 Å². The highest BCUT2D eigenvalue weighted by atomic mass is 19.4. The topological polar surface area (TPSA) is 29.1 Å². The smallest absolute Gasteiger partial charge is 0.385 e. The maximum absolute atomic E-state index is 11.9. The molecule has 0 bridgehead atoms. The van der Waals surface area contributed by atoms with Crippen LogP contribution in [0, 0.1) is 0 Å². The summed E-state index contributed by atoms with van der Waals surface area (Å²) in [5, 5.41) is 3.04. The third kappa shape index (κ3) is 6.27. The van der Waals surface area contributed by atoms with Gasteiger partial charge in [-0.15, -0.1) is 0 Å². The second kappa shape index (κ2) is 7.16. The lowest BCUT2D eigenvalue weighted by molar-refractivity contribution is -0.135. The summed E-state index contributed by atoms with van der Waals surface area (Å²) in [6.45, 7) is 2.30. The fourth-order valence-electron chi connectivity index (χ4n) is 1.66. The number of unbranched alkanes of at least 4 members (excludes halogenated alkanes) is 1. The zero-order chi connectivity index (χ0) is 14.3. The molecule has 2 nitrogen and oxygen atoms in total. The first-order chi connectivity index (χ1) is 8.92. The molecule has 19 heavy (non-hydrogen) atoms. The van der Waals surface area contributed by atoms with Crippen LogP contribution >= 0.6 is 0 Å². The summed E-state index contributed by atoms with van der Waals surface area (Å²) in [7, 11) is 0. The van der Waals surface area contributed by atoms with E-state index in [1.165, 1.54) is 0 Å². The van der Waals surface area contributed by atoms with Gasteiger partial charge in [-0.1, -0.05) is 6.92 Å². The number of anilines is 1. The molecule has 0 fully saturated rings. The Labute approximate surface area is 111 Å². The summed E-state index contributed by atoms with van der Waals surface area (Å²) in [6.07, 6.45) is -3.75. The Morgan fingerprint density at radius 1 is 1.16 bits per heavy atom. The molecule has 1 aromatic rings. The largest absolute Gasteiger partial charge is 0.389 e. The van der Waals surface area contributed by atoms with Gasteiger partial charge in [0.15, 0.2) is 5.78 Å². The van der Waals surface area contributed by atoms with E-state index in [-0.39, 0.29) is 12.2 Å². The molecule has 0 saturated heterocycles. The molecule has 1 rings (SSSR count). The number of halogens is 3. The fourth-order valence-corrected chi connectivity index (χ4v) is 1.66. The van der Waals surface area contributed by atoms with Crippen molar-refractivity contribution >= 4 is 11.5 Å². The van der Waals surface area contributed by atoms with Gasteiger partial charge < -0.3 is 5.32 Å². The highest BCUT2D eigenvalue weighted by Crippen LogP contribution is 2.22. The lowest BCUT2D eigenvalue weighted by Gasteiger charge is -2.08. The summed E-state index contributed by atoms with van der Waals surface area (Å²) in [5.74, 6) is 0.0803. The predicted molar refractivity (Wildman–Crippen MR) is 69.5 cm³/mol. The second-order valence-electron chi connectivity index (χ2n) is 4.35. The van der Waals surface area contributed by atoms with E-state index >= 15 is 0 Å². The van der Waals surface area contributed by atoms with E-state index in [1.807, 2.05) is 0 Å². The standard InChI is InChI=1S/C14H18F3NO/c1-2-13(19)11-5-7-12(8-6-11)18-10-4-3-9-14(15,16)17/h5-8,18H,2-4,9-10H2,1H3. The van der Waals surface area contributed by atoms with Crippen LogP contribution in [0.2, 0.25) is 0 Å². The number of nitrogens with one attached hydrogen (secondary N) is 1. The van der Waals surface area contributed by atoms with E-state index in [4.69, 9.17) is 0 Å². The predicted octanol–water partition coefficient (Wildman–Crippen LogP) is 4.42. The van der Waals surface area contributed by atoms with Gasteiger partial charge in [-0.25, -0.2) is 0 Å². The lowest BCUT2D eigenvalue weighted by atomic mass is 10.1. The number of rotatable bonds is 7. The molecule has 0 aliphatic heterocycles. The molecule has 0 spiro atoms. The van der Waals surface area contributed by atoms with Crippen molar-refractivity contribution < 1.29 is 18.0 Å². The summed E-state index contributed by atoms with van der Waals surface area (Å²) in [5.41, 5.74) is 1.48. The Bertz CT molecular complexity index is 398. The minimum atomic E-state index is -4.07. The summed E-state index contributed by atoms with van der Waals surface area (Å²) in [6, 6.07) is 6.99. The van der Waals surface area contributed by atoms with E-state index in [9.17, 15) is 18.0 Å². The minimum absolute atomic E-state index is 0.0803. The SMILES string of the molecule is CCC(=O)c1ccc(NCCCCC(F)(F)F)cc1. The van der Waals surface area contributed by atoms with Crippen LogP contribution < -0.4 is 5.32 Å². The van der Waals surface area contributed by atoms with Crippen molar-refractivity contribution in [3.05, 3.63) is 29.8 Å². The van der Waals surface area contributed by atoms with Gasteiger partial charge >= 0.3 is 6.18 Å². The molecule has 0 aliphatic carbocycles. The fraction of sp³-hybridized carbons (Fsp3) is 0.500. The van der Waals surface area contributed by atoms with Crippen LogP contribution in [0.4, 0.5) is 18.9 Å². The van der Waals surface area contributed by atoms with Crippen molar-refractivity contribution in [3.63, 3.8) is 0 Å². The molecule has 0 amide bonds. The number of hydrogen-bond donors (Lipinski definition) is 1. The third-order valence-corrected chi connectivity index (χ3v) is 2.74. The average Bonchev–Trinajstić information content (AvgIpc) is 2.37. The van der Waals surface area contributed by atoms with Crippen LogP contribution in [0.3, 0.4) is 0 Å². The van der Waals surface area contributed by atoms with Crippen LogP contribution in [0.1, 0.15) is 43.0 Å². The highest BCUT2D eigenvalue weighted by molar-refractivity contribution is 5.96. The molecule has 0 radical (unpaired) electrons. The molecule has 1 aromatic carbocycles. The Kier molecular flexibility index (Phi) is 5.86. The molecular weight excluding hydrogens is 255 g/mol. The van der Waals surface area contributed by atoms with Gasteiger partial charge in [0.1, 0.15) is 0 Å². The van der Waals surface area contributed by atoms with E-state index in [0.717, 1.165) is 5.69 Å². The number of Topliss-reactive ketones (excluding diaryl/α,β-unsaturated/α-hetero) is 1. The third-order valence-electron chi connectivity index (χ3n) is 2.74. The number of benzene rings is 1. The molecule has 0 unspecified atom stereocenters. The van der Waals surface area contributed by atoms with Crippen LogP contribution in [0.5, 0.6) is 0 Å². The zero-order valence-corrected chi connectivity index (χ0v) is 10.9. The van der Waals surface area contributed by atoms with Crippen molar-refractivity contribution in [3.8, 4) is 0 Å². The number of ketones is 1. The summed E-state index contributed by atoms with van der Waals surface area (Å²) >= 11 is 0. The molecular formula is C14H18F3NO. The molecule has 5 heteroatoms. The molecule has 0 saturated carbocycles. The van der Waals surface area contributed by atoms with Crippen LogP contribution in [-0.4, -0.2) is 18.5 Å². The number of alkyl halides is 3. The average molecular weight is 273 g/mol. The van der Waals surface area contributed by atoms with Gasteiger partial charge in [-0.05, 0) is 37.1 Å². The highest BCUT2D eigenvalue weighted by Gasteiger charge is 2.25. The molecule has 1 N–H and O–H groups in total. The van der Waals surface area contributed by atoms with Crippen LogP contribution in [0.25, 0.3) is 0 Å². The Balaban J connectivity index is 2.29. The molecule has 0 atom stereocenters. The van der Waals surface area contributed by atoms with Crippen molar-refractivity contribution in [1.29, 1.82) is 0 Å². The lowest BCUT2D eigenvalue weighted by Crippen LogP contribution is -2.08. The molecule has 0 aliphatic rings. The minimum Gasteiger partial charge on any atom is -0.385 e. The van der Waals surface area contributed by atoms with Crippen LogP contribution in [-0.2, 0) is 0 Å². The summed E-state index contributed by atoms with van der Waals surface area (Å²) < 4.78 is 35.7. The maximum atomic E-state index is 11.9. The number of carbonyl (C=O) groups excluding carboxylic acids is 1. The summed E-state index contributed by atoms with van der Waals surface area (Å²) in [4.78, 5) is 11.4. The quantitative estimate of drug-likeness (QED) is 0.588. The van der Waals surface area contributed by atoms with Crippen LogP contribution in [0.15, 0.2) is 24.3 Å². The van der Waals surface area contributed by atoms with Crippen molar-refractivity contribution in [2.45, 2.75) is 38.8 Å². The monoisotopic (exact) mass is 273 g/mol. The first-order valence-electron chi connectivity index (χ1n) is 6.36. The molecule has 0 heterocycles. The number of hydrogen-bond acceptors (Lipinski definition) is 2. The Hall–Kier alpha value is -1.52. The Morgan fingerprint density at radius 3 is 2.32 bits per heavy atom. The normalized spacial score (nSPS) is 11.4. The van der Waals surface area contributed by atoms with Gasteiger partial charge in [0.25, 0.3) is 0 Å². The van der Waals surface area contributed by atoms with Gasteiger partial charge in [0, 0.05) is 30.6 Å². The van der Waals surface area contributed by atoms with E-state index < -0.39 is 12.6 Å². The van der Waals surface area contributed by atoms with Crippen molar-refractivity contribution in [2.75, 3.05) is 11.9 Å². The van der Waals surface area contributed by atoms with Crippen molar-refractivity contribution in [1.82, 2.24) is 0 Å². The maximum Gasteiger partial charge on any atom is 0.389 e. The first kappa shape index (κ1) is 15.5. The molecule has 106 valence electrons. The molecule has 0 aromatic heterocycles. The van der Waals surface area contributed by atoms with E-state index in [1.54, 1.807) is 31.2 Å². The van der Waals surface area contributed by atoms with Gasteiger partial charge in [0.2, 0.25) is 0 Å². The number of carbonyl (C=O) groups is 1. The van der Waals surface area contributed by atoms with Crippen molar-refractivity contribution in [2.24, 2.45) is 0 Å². The Morgan fingerprint density at radius 2 is 1.79 bits per heavy atom. The second-order valence-corrected chi connectivity index (χ2v) is 4.35. The van der Waals surface area contributed by atoms with Gasteiger partial charge in [0.05, 0.1) is 0 Å². The zero-order valence-electron chi connectivity index (χ0n) is 10.9. The first-order valence-corrected chi connectivity index (χ1v) is 6.36. The van der Waals surface area contributed by atoms with E-state index in [2.05, 4.69) is 5.32 Å². The van der Waals surface area contributed by atoms with Gasteiger partial charge in [-0.3, -0.25) is 4.79 Å². The van der Waals surface area contributed by atoms with E-state index in [0.29, 0.717) is 24.9 Å².